The average Bonchev–Trinajstić information content (AvgIpc) is 2.77. The summed E-state index contributed by atoms with van der Waals surface area (Å²) in [5.74, 6) is 2.48. The smallest absolute Gasteiger partial charge is 0.191 e. The predicted octanol–water partition coefficient (Wildman–Crippen LogP) is 0.503. The Kier molecular flexibility index (Phi) is 4.53. The maximum Gasteiger partial charge on any atom is 0.191 e. The number of aliphatic imine (C=N–C) groups is 1. The summed E-state index contributed by atoms with van der Waals surface area (Å²) in [5, 5.41) is 0. The molecule has 5 nitrogen and oxygen atoms in total. The summed E-state index contributed by atoms with van der Waals surface area (Å²) in [5.41, 5.74) is 5.96. The molecule has 2 rings (SSSR count). The second-order valence-corrected chi connectivity index (χ2v) is 5.64. The molecule has 2 aliphatic heterocycles. The van der Waals surface area contributed by atoms with Crippen LogP contribution in [-0.2, 0) is 9.47 Å². The largest absolute Gasteiger partial charge is 0.370 e. The van der Waals surface area contributed by atoms with E-state index in [0.717, 1.165) is 31.0 Å². The predicted molar refractivity (Wildman–Crippen MR) is 70.3 cm³/mol. The first kappa shape index (κ1) is 13.0. The molecule has 0 atom stereocenters. The second kappa shape index (κ2) is 5.93. The highest BCUT2D eigenvalue weighted by atomic mass is 32.2. The van der Waals surface area contributed by atoms with E-state index < -0.39 is 5.79 Å². The fraction of sp³-hybridized carbons (Fsp3) is 0.909. The van der Waals surface area contributed by atoms with Crippen LogP contribution in [0.2, 0.25) is 0 Å². The SMILES string of the molecule is CC1(CCN=C(N)N2CCSCC2)OCCO1. The van der Waals surface area contributed by atoms with Crippen LogP contribution in [0.3, 0.4) is 0 Å². The summed E-state index contributed by atoms with van der Waals surface area (Å²) in [7, 11) is 0. The van der Waals surface area contributed by atoms with Gasteiger partial charge in [-0.05, 0) is 6.92 Å². The third-order valence-corrected chi connectivity index (χ3v) is 4.02. The second-order valence-electron chi connectivity index (χ2n) is 4.42. The van der Waals surface area contributed by atoms with Crippen LogP contribution in [-0.4, -0.2) is 61.0 Å². The van der Waals surface area contributed by atoms with E-state index in [-0.39, 0.29) is 0 Å². The number of nitrogens with two attached hydrogens (primary N) is 1. The lowest BCUT2D eigenvalue weighted by Crippen LogP contribution is -2.43. The summed E-state index contributed by atoms with van der Waals surface area (Å²) in [6.45, 7) is 5.99. The first-order valence-corrected chi connectivity index (χ1v) is 7.26. The first-order chi connectivity index (χ1) is 8.20. The Morgan fingerprint density at radius 1 is 1.35 bits per heavy atom. The monoisotopic (exact) mass is 259 g/mol. The summed E-state index contributed by atoms with van der Waals surface area (Å²) < 4.78 is 11.0. The lowest BCUT2D eigenvalue weighted by molar-refractivity contribution is -0.144. The van der Waals surface area contributed by atoms with E-state index in [0.29, 0.717) is 25.7 Å². The van der Waals surface area contributed by atoms with Crippen molar-refractivity contribution in [1.82, 2.24) is 4.90 Å². The van der Waals surface area contributed by atoms with Crippen LogP contribution in [0, 0.1) is 0 Å². The molecule has 0 radical (unpaired) electrons. The van der Waals surface area contributed by atoms with Crippen molar-refractivity contribution >= 4 is 17.7 Å². The van der Waals surface area contributed by atoms with Crippen LogP contribution in [0.15, 0.2) is 4.99 Å². The Hall–Kier alpha value is -0.460. The van der Waals surface area contributed by atoms with E-state index in [1.54, 1.807) is 0 Å². The highest BCUT2D eigenvalue weighted by molar-refractivity contribution is 7.99. The molecule has 0 aromatic heterocycles. The number of nitrogens with zero attached hydrogens (tertiary/aromatic N) is 2. The highest BCUT2D eigenvalue weighted by Crippen LogP contribution is 2.22. The van der Waals surface area contributed by atoms with Gasteiger partial charge in [0.1, 0.15) is 0 Å². The Morgan fingerprint density at radius 2 is 2.00 bits per heavy atom. The van der Waals surface area contributed by atoms with Crippen LogP contribution in [0.1, 0.15) is 13.3 Å². The standard InChI is InChI=1S/C11H21N3O2S/c1-11(15-6-7-16-11)2-3-13-10(12)14-4-8-17-9-5-14/h2-9H2,1H3,(H2,12,13). The zero-order chi connectivity index (χ0) is 12.1. The maximum absolute atomic E-state index is 5.96. The Bertz CT molecular complexity index is 274. The van der Waals surface area contributed by atoms with Crippen molar-refractivity contribution in [3.05, 3.63) is 0 Å². The molecule has 2 N–H and O–H groups in total. The van der Waals surface area contributed by atoms with E-state index in [1.807, 2.05) is 18.7 Å². The average molecular weight is 259 g/mol. The lowest BCUT2D eigenvalue weighted by Gasteiger charge is -2.27. The zero-order valence-electron chi connectivity index (χ0n) is 10.4. The molecule has 0 unspecified atom stereocenters. The molecule has 0 aromatic carbocycles. The van der Waals surface area contributed by atoms with Gasteiger partial charge in [-0.25, -0.2) is 0 Å². The molecule has 0 bridgehead atoms. The quantitative estimate of drug-likeness (QED) is 0.591. The van der Waals surface area contributed by atoms with Crippen LogP contribution >= 0.6 is 11.8 Å². The van der Waals surface area contributed by atoms with Crippen LogP contribution in [0.5, 0.6) is 0 Å². The van der Waals surface area contributed by atoms with Crippen LogP contribution in [0.25, 0.3) is 0 Å². The van der Waals surface area contributed by atoms with Crippen LogP contribution in [0.4, 0.5) is 0 Å². The minimum absolute atomic E-state index is 0.457. The normalized spacial score (nSPS) is 25.2. The number of guanidine groups is 1. The fourth-order valence-corrected chi connectivity index (χ4v) is 2.87. The van der Waals surface area contributed by atoms with Gasteiger partial charge in [0.2, 0.25) is 0 Å². The summed E-state index contributed by atoms with van der Waals surface area (Å²) in [6, 6.07) is 0. The summed E-state index contributed by atoms with van der Waals surface area (Å²) in [6.07, 6.45) is 0.760. The van der Waals surface area contributed by atoms with E-state index in [9.17, 15) is 0 Å². The molecule has 0 aromatic rings. The molecule has 98 valence electrons. The van der Waals surface area contributed by atoms with Crippen molar-refractivity contribution in [3.8, 4) is 0 Å². The molecule has 2 aliphatic rings. The molecule has 17 heavy (non-hydrogen) atoms. The molecule has 0 saturated carbocycles. The van der Waals surface area contributed by atoms with Gasteiger partial charge in [-0.15, -0.1) is 0 Å². The lowest BCUT2D eigenvalue weighted by atomic mass is 10.2. The van der Waals surface area contributed by atoms with Crippen LogP contribution < -0.4 is 5.73 Å². The third-order valence-electron chi connectivity index (χ3n) is 3.07. The molecule has 0 spiro atoms. The number of thioether (sulfide) groups is 1. The van der Waals surface area contributed by atoms with Gasteiger partial charge in [0.05, 0.1) is 13.2 Å². The number of rotatable bonds is 3. The van der Waals surface area contributed by atoms with Gasteiger partial charge in [-0.2, -0.15) is 11.8 Å². The highest BCUT2D eigenvalue weighted by Gasteiger charge is 2.30. The molecule has 2 saturated heterocycles. The molecular formula is C11H21N3O2S. The summed E-state index contributed by atoms with van der Waals surface area (Å²) >= 11 is 1.97. The zero-order valence-corrected chi connectivity index (χ0v) is 11.2. The van der Waals surface area contributed by atoms with Crippen molar-refractivity contribution < 1.29 is 9.47 Å². The molecule has 0 amide bonds. The van der Waals surface area contributed by atoms with Gasteiger partial charge < -0.3 is 20.1 Å². The van der Waals surface area contributed by atoms with Gasteiger partial charge >= 0.3 is 0 Å². The topological polar surface area (TPSA) is 60.1 Å². The molecule has 0 aliphatic carbocycles. The van der Waals surface area contributed by atoms with Gasteiger partial charge in [0, 0.05) is 37.6 Å². The van der Waals surface area contributed by atoms with Crippen molar-refractivity contribution in [3.63, 3.8) is 0 Å². The van der Waals surface area contributed by atoms with Gasteiger partial charge in [0.25, 0.3) is 0 Å². The van der Waals surface area contributed by atoms with E-state index in [1.165, 1.54) is 0 Å². The van der Waals surface area contributed by atoms with Crippen molar-refractivity contribution in [2.24, 2.45) is 10.7 Å². The fourth-order valence-electron chi connectivity index (χ4n) is 1.97. The van der Waals surface area contributed by atoms with Crippen molar-refractivity contribution in [1.29, 1.82) is 0 Å². The van der Waals surface area contributed by atoms with Crippen molar-refractivity contribution in [2.45, 2.75) is 19.1 Å². The molecular weight excluding hydrogens is 238 g/mol. The van der Waals surface area contributed by atoms with E-state index in [2.05, 4.69) is 9.89 Å². The minimum atomic E-state index is -0.457. The van der Waals surface area contributed by atoms with E-state index in [4.69, 9.17) is 15.2 Å². The van der Waals surface area contributed by atoms with Gasteiger partial charge in [-0.1, -0.05) is 0 Å². The Morgan fingerprint density at radius 3 is 2.65 bits per heavy atom. The Labute approximate surface area is 107 Å². The van der Waals surface area contributed by atoms with Crippen molar-refractivity contribution in [2.75, 3.05) is 44.4 Å². The first-order valence-electron chi connectivity index (χ1n) is 6.10. The van der Waals surface area contributed by atoms with Gasteiger partial charge in [-0.3, -0.25) is 4.99 Å². The summed E-state index contributed by atoms with van der Waals surface area (Å²) in [4.78, 5) is 6.56. The molecule has 2 fully saturated rings. The van der Waals surface area contributed by atoms with E-state index >= 15 is 0 Å². The number of hydrogen-bond acceptors (Lipinski definition) is 4. The Balaban J connectivity index is 1.75. The molecule has 2 heterocycles. The third kappa shape index (κ3) is 3.76. The number of ether oxygens (including phenoxy) is 2. The number of hydrogen-bond donors (Lipinski definition) is 1. The van der Waals surface area contributed by atoms with Gasteiger partial charge in [0.15, 0.2) is 11.7 Å². The molecule has 6 heteroatoms. The minimum Gasteiger partial charge on any atom is -0.370 e. The maximum atomic E-state index is 5.96.